The molecule has 0 unspecified atom stereocenters. The van der Waals surface area contributed by atoms with Gasteiger partial charge in [0.15, 0.2) is 17.5 Å². The summed E-state index contributed by atoms with van der Waals surface area (Å²) in [6.45, 7) is 4.11. The summed E-state index contributed by atoms with van der Waals surface area (Å²) in [5, 5.41) is 0. The molecule has 0 bridgehead atoms. The molecule has 0 fully saturated rings. The van der Waals surface area contributed by atoms with Crippen LogP contribution in [0.5, 0.6) is 0 Å². The summed E-state index contributed by atoms with van der Waals surface area (Å²) in [6.07, 6.45) is 0. The molecule has 14 heavy (non-hydrogen) atoms. The predicted molar refractivity (Wildman–Crippen MR) is 45.1 cm³/mol. The van der Waals surface area contributed by atoms with Crippen LogP contribution in [-0.2, 0) is 0 Å². The predicted octanol–water partition coefficient (Wildman–Crippen LogP) is 3.67. The highest BCUT2D eigenvalue weighted by atomic mass is 19.2. The van der Waals surface area contributed by atoms with Gasteiger partial charge in [0.05, 0.1) is 0 Å². The second kappa shape index (κ2) is 3.59. The molecule has 0 aliphatic carbocycles. The molecule has 0 heterocycles. The molecule has 78 valence electrons. The molecule has 0 atom stereocenters. The van der Waals surface area contributed by atoms with Crippen LogP contribution < -0.4 is 0 Å². The molecule has 1 rings (SSSR count). The fourth-order valence-corrected chi connectivity index (χ4v) is 1.28. The summed E-state index contributed by atoms with van der Waals surface area (Å²) in [5.74, 6) is -6.02. The molecule has 0 N–H and O–H groups in total. The first-order valence-corrected chi connectivity index (χ1v) is 4.20. The van der Waals surface area contributed by atoms with E-state index in [1.54, 1.807) is 0 Å². The van der Waals surface area contributed by atoms with Gasteiger partial charge in [-0.3, -0.25) is 0 Å². The lowest BCUT2D eigenvalue weighted by Crippen LogP contribution is -2.07. The van der Waals surface area contributed by atoms with E-state index in [-0.39, 0.29) is 0 Å². The average molecular weight is 206 g/mol. The normalized spacial score (nSPS) is 11.1. The first-order chi connectivity index (χ1) is 6.37. The summed E-state index contributed by atoms with van der Waals surface area (Å²) in [7, 11) is 0. The van der Waals surface area contributed by atoms with Crippen LogP contribution >= 0.6 is 0 Å². The lowest BCUT2D eigenvalue weighted by molar-refractivity contribution is 0.415. The van der Waals surface area contributed by atoms with Crippen LogP contribution in [0, 0.1) is 30.2 Å². The minimum Gasteiger partial charge on any atom is -0.206 e. The van der Waals surface area contributed by atoms with Gasteiger partial charge in [0.25, 0.3) is 0 Å². The summed E-state index contributed by atoms with van der Waals surface area (Å²) < 4.78 is 52.1. The molecule has 4 heteroatoms. The van der Waals surface area contributed by atoms with Crippen molar-refractivity contribution in [3.63, 3.8) is 0 Å². The van der Waals surface area contributed by atoms with Crippen molar-refractivity contribution >= 4 is 0 Å². The van der Waals surface area contributed by atoms with Crippen molar-refractivity contribution in [1.82, 2.24) is 0 Å². The van der Waals surface area contributed by atoms with Gasteiger partial charge in [0.2, 0.25) is 0 Å². The van der Waals surface area contributed by atoms with Gasteiger partial charge in [0, 0.05) is 11.1 Å². The molecule has 1 aromatic rings. The van der Waals surface area contributed by atoms with Gasteiger partial charge >= 0.3 is 0 Å². The third-order valence-corrected chi connectivity index (χ3v) is 2.09. The summed E-state index contributed by atoms with van der Waals surface area (Å²) >= 11 is 0. The van der Waals surface area contributed by atoms with E-state index in [4.69, 9.17) is 0 Å². The number of rotatable bonds is 1. The minimum absolute atomic E-state index is 0.401. The van der Waals surface area contributed by atoms with E-state index in [0.29, 0.717) is 0 Å². The molecular weight excluding hydrogens is 196 g/mol. The number of benzene rings is 1. The highest BCUT2D eigenvalue weighted by Crippen LogP contribution is 2.28. The van der Waals surface area contributed by atoms with Gasteiger partial charge in [-0.1, -0.05) is 13.8 Å². The Kier molecular flexibility index (Phi) is 2.83. The monoisotopic (exact) mass is 206 g/mol. The zero-order valence-electron chi connectivity index (χ0n) is 8.09. The largest absolute Gasteiger partial charge is 0.206 e. The summed E-state index contributed by atoms with van der Waals surface area (Å²) in [4.78, 5) is 0. The Morgan fingerprint density at radius 1 is 0.786 bits per heavy atom. The SMILES string of the molecule is Cc1c(F)c(F)c(F)c(C(C)C)c1F. The maximum atomic E-state index is 13.3. The quantitative estimate of drug-likeness (QED) is 0.373. The molecule has 0 spiro atoms. The second-order valence-electron chi connectivity index (χ2n) is 3.45. The van der Waals surface area contributed by atoms with Crippen LogP contribution in [0.4, 0.5) is 17.6 Å². The summed E-state index contributed by atoms with van der Waals surface area (Å²) in [5.41, 5.74) is -0.881. The fourth-order valence-electron chi connectivity index (χ4n) is 1.28. The third kappa shape index (κ3) is 1.49. The summed E-state index contributed by atoms with van der Waals surface area (Å²) in [6, 6.07) is 0. The van der Waals surface area contributed by atoms with E-state index in [0.717, 1.165) is 6.92 Å². The maximum Gasteiger partial charge on any atom is 0.195 e. The Bertz CT molecular complexity index is 340. The van der Waals surface area contributed by atoms with Crippen LogP contribution in [-0.4, -0.2) is 0 Å². The van der Waals surface area contributed by atoms with E-state index >= 15 is 0 Å². The number of hydrogen-bond donors (Lipinski definition) is 0. The van der Waals surface area contributed by atoms with E-state index < -0.39 is 40.3 Å². The van der Waals surface area contributed by atoms with Gasteiger partial charge in [-0.2, -0.15) is 0 Å². The first kappa shape index (κ1) is 11.0. The Labute approximate surface area is 79.6 Å². The zero-order valence-corrected chi connectivity index (χ0v) is 8.09. The molecule has 0 saturated carbocycles. The van der Waals surface area contributed by atoms with Crippen molar-refractivity contribution in [1.29, 1.82) is 0 Å². The van der Waals surface area contributed by atoms with Crippen molar-refractivity contribution in [3.8, 4) is 0 Å². The van der Waals surface area contributed by atoms with Crippen LogP contribution in [0.15, 0.2) is 0 Å². The van der Waals surface area contributed by atoms with E-state index in [1.165, 1.54) is 13.8 Å². The minimum atomic E-state index is -1.60. The van der Waals surface area contributed by atoms with E-state index in [9.17, 15) is 17.6 Å². The molecular formula is C10H10F4. The van der Waals surface area contributed by atoms with Crippen LogP contribution in [0.2, 0.25) is 0 Å². The molecule has 0 amide bonds. The van der Waals surface area contributed by atoms with E-state index in [1.807, 2.05) is 0 Å². The molecule has 0 aliphatic heterocycles. The molecule has 0 saturated heterocycles. The maximum absolute atomic E-state index is 13.3. The molecule has 0 radical (unpaired) electrons. The molecule has 0 aromatic heterocycles. The molecule has 0 aliphatic rings. The zero-order chi connectivity index (χ0) is 11.0. The van der Waals surface area contributed by atoms with Gasteiger partial charge in [-0.15, -0.1) is 0 Å². The smallest absolute Gasteiger partial charge is 0.195 e. The van der Waals surface area contributed by atoms with Crippen molar-refractivity contribution in [2.45, 2.75) is 26.7 Å². The van der Waals surface area contributed by atoms with Crippen LogP contribution in [0.1, 0.15) is 30.9 Å². The highest BCUT2D eigenvalue weighted by Gasteiger charge is 2.24. The standard InChI is InChI=1S/C10H10F4/c1-4(2)6-7(11)5(3)8(12)10(14)9(6)13/h4H,1-3H3. The fraction of sp³-hybridized carbons (Fsp3) is 0.400. The Morgan fingerprint density at radius 3 is 1.71 bits per heavy atom. The topological polar surface area (TPSA) is 0 Å². The van der Waals surface area contributed by atoms with Gasteiger partial charge < -0.3 is 0 Å². The average Bonchev–Trinajstić information content (AvgIpc) is 2.11. The van der Waals surface area contributed by atoms with E-state index in [2.05, 4.69) is 0 Å². The Balaban J connectivity index is 3.60. The van der Waals surface area contributed by atoms with Crippen LogP contribution in [0.3, 0.4) is 0 Å². The van der Waals surface area contributed by atoms with Crippen molar-refractivity contribution in [2.75, 3.05) is 0 Å². The number of halogens is 4. The second-order valence-corrected chi connectivity index (χ2v) is 3.45. The lowest BCUT2D eigenvalue weighted by Gasteiger charge is -2.12. The molecule has 1 aromatic carbocycles. The van der Waals surface area contributed by atoms with Gasteiger partial charge in [-0.25, -0.2) is 17.6 Å². The van der Waals surface area contributed by atoms with Crippen LogP contribution in [0.25, 0.3) is 0 Å². The Morgan fingerprint density at radius 2 is 1.29 bits per heavy atom. The van der Waals surface area contributed by atoms with Crippen molar-refractivity contribution in [2.24, 2.45) is 0 Å². The van der Waals surface area contributed by atoms with Crippen molar-refractivity contribution in [3.05, 3.63) is 34.4 Å². The van der Waals surface area contributed by atoms with Gasteiger partial charge in [-0.05, 0) is 12.8 Å². The van der Waals surface area contributed by atoms with Crippen molar-refractivity contribution < 1.29 is 17.6 Å². The Hall–Kier alpha value is -1.06. The first-order valence-electron chi connectivity index (χ1n) is 4.20. The number of hydrogen-bond acceptors (Lipinski definition) is 0. The third-order valence-electron chi connectivity index (χ3n) is 2.09. The highest BCUT2D eigenvalue weighted by molar-refractivity contribution is 5.31. The lowest BCUT2D eigenvalue weighted by atomic mass is 9.99. The molecule has 0 nitrogen and oxygen atoms in total. The van der Waals surface area contributed by atoms with Gasteiger partial charge in [0.1, 0.15) is 5.82 Å².